The van der Waals surface area contributed by atoms with Crippen LogP contribution in [0.5, 0.6) is 0 Å². The molecular formula is C22H24N4O4S2. The van der Waals surface area contributed by atoms with E-state index < -0.39 is 15.9 Å². The third kappa shape index (κ3) is 4.98. The Morgan fingerprint density at radius 3 is 2.97 bits per heavy atom. The van der Waals surface area contributed by atoms with Crippen LogP contribution >= 0.6 is 11.3 Å². The number of pyridine rings is 1. The van der Waals surface area contributed by atoms with Crippen LogP contribution in [0.3, 0.4) is 0 Å². The lowest BCUT2D eigenvalue weighted by Gasteiger charge is -2.31. The molecule has 0 radical (unpaired) electrons. The molecular weight excluding hydrogens is 448 g/mol. The number of hydrogen-bond donors (Lipinski definition) is 1. The predicted molar refractivity (Wildman–Crippen MR) is 122 cm³/mol. The maximum Gasteiger partial charge on any atom is 0.248 e. The number of aromatic nitrogens is 2. The van der Waals surface area contributed by atoms with Crippen LogP contribution in [0.1, 0.15) is 34.7 Å². The summed E-state index contributed by atoms with van der Waals surface area (Å²) in [6, 6.07) is 7.53. The van der Waals surface area contributed by atoms with E-state index in [-0.39, 0.29) is 23.1 Å². The van der Waals surface area contributed by atoms with Crippen LogP contribution < -0.4 is 5.32 Å². The smallest absolute Gasteiger partial charge is 0.248 e. The Hall–Kier alpha value is -2.82. The van der Waals surface area contributed by atoms with Crippen molar-refractivity contribution in [3.8, 4) is 0 Å². The number of amides is 1. The molecule has 0 saturated carbocycles. The fourth-order valence-corrected chi connectivity index (χ4v) is 6.07. The molecule has 168 valence electrons. The number of nitrogens with zero attached hydrogens (tertiary/aromatic N) is 3. The summed E-state index contributed by atoms with van der Waals surface area (Å²) < 4.78 is 33.6. The van der Waals surface area contributed by atoms with E-state index in [1.807, 2.05) is 29.6 Å². The van der Waals surface area contributed by atoms with E-state index in [0.29, 0.717) is 31.6 Å². The van der Waals surface area contributed by atoms with E-state index in [1.54, 1.807) is 31.5 Å². The van der Waals surface area contributed by atoms with Gasteiger partial charge in [0, 0.05) is 36.9 Å². The minimum Gasteiger partial charge on any atom is -0.355 e. The predicted octanol–water partition coefficient (Wildman–Crippen LogP) is 3.33. The van der Waals surface area contributed by atoms with Gasteiger partial charge in [-0.25, -0.2) is 8.42 Å². The van der Waals surface area contributed by atoms with Crippen molar-refractivity contribution in [1.29, 1.82) is 0 Å². The average molecular weight is 473 g/mol. The molecule has 1 aliphatic heterocycles. The minimum absolute atomic E-state index is 0.0572. The van der Waals surface area contributed by atoms with Crippen molar-refractivity contribution >= 4 is 39.4 Å². The van der Waals surface area contributed by atoms with Gasteiger partial charge in [0.25, 0.3) is 0 Å². The van der Waals surface area contributed by atoms with Crippen LogP contribution in [0.2, 0.25) is 0 Å². The number of carbonyl (C=O) groups is 1. The van der Waals surface area contributed by atoms with Crippen molar-refractivity contribution < 1.29 is 17.7 Å². The highest BCUT2D eigenvalue weighted by atomic mass is 32.2. The van der Waals surface area contributed by atoms with Crippen LogP contribution in [-0.2, 0) is 21.4 Å². The molecule has 0 unspecified atom stereocenters. The van der Waals surface area contributed by atoms with Gasteiger partial charge in [-0.3, -0.25) is 9.78 Å². The Labute approximate surface area is 191 Å². The number of hydrogen-bond acceptors (Lipinski definition) is 7. The molecule has 1 N–H and O–H groups in total. The zero-order valence-electron chi connectivity index (χ0n) is 17.6. The largest absolute Gasteiger partial charge is 0.355 e. The Balaban J connectivity index is 1.48. The first-order valence-electron chi connectivity index (χ1n) is 10.3. The van der Waals surface area contributed by atoms with Gasteiger partial charge in [0.1, 0.15) is 5.69 Å². The first-order valence-corrected chi connectivity index (χ1v) is 12.6. The first kappa shape index (κ1) is 22.4. The van der Waals surface area contributed by atoms with Gasteiger partial charge in [-0.2, -0.15) is 4.31 Å². The molecule has 3 aromatic rings. The lowest BCUT2D eigenvalue weighted by atomic mass is 9.99. The second-order valence-corrected chi connectivity index (χ2v) is 10.4. The Kier molecular flexibility index (Phi) is 6.83. The number of sulfonamides is 1. The van der Waals surface area contributed by atoms with Gasteiger partial charge in [-0.05, 0) is 55.0 Å². The minimum atomic E-state index is -3.87. The fraction of sp³-hybridized carbons (Fsp3) is 0.318. The molecule has 4 heterocycles. The summed E-state index contributed by atoms with van der Waals surface area (Å²) >= 11 is 1.54. The molecule has 4 rings (SSSR count). The van der Waals surface area contributed by atoms with Gasteiger partial charge in [0.05, 0.1) is 5.92 Å². The number of thiophene rings is 1. The zero-order chi connectivity index (χ0) is 22.6. The monoisotopic (exact) mass is 472 g/mol. The van der Waals surface area contributed by atoms with Gasteiger partial charge in [0.2, 0.25) is 15.9 Å². The summed E-state index contributed by atoms with van der Waals surface area (Å²) in [6.07, 6.45) is 8.03. The summed E-state index contributed by atoms with van der Waals surface area (Å²) in [6.45, 7) is 2.45. The molecule has 1 atom stereocenters. The molecule has 1 amide bonds. The van der Waals surface area contributed by atoms with E-state index in [4.69, 9.17) is 4.52 Å². The SMILES string of the molecule is Cc1noc(/C=C/c2cccs2)c1S(=O)(=O)N1CCC[C@@H](C(=O)NCc2cccnc2)C1. The standard InChI is InChI=1S/C22H24N4O4S2/c1-16-21(20(30-25-16)9-8-19-7-4-12-31-19)32(28,29)26-11-3-6-18(15-26)22(27)24-14-17-5-2-10-23-13-17/h2,4-5,7-10,12-13,18H,3,6,11,14-15H2,1H3,(H,24,27)/b9-8+/t18-/m1/s1. The first-order chi connectivity index (χ1) is 15.4. The molecule has 0 spiro atoms. The average Bonchev–Trinajstić information content (AvgIpc) is 3.46. The Morgan fingerprint density at radius 1 is 1.34 bits per heavy atom. The lowest BCUT2D eigenvalue weighted by molar-refractivity contribution is -0.126. The maximum atomic E-state index is 13.5. The van der Waals surface area contributed by atoms with E-state index in [2.05, 4.69) is 15.5 Å². The highest BCUT2D eigenvalue weighted by molar-refractivity contribution is 7.89. The summed E-state index contributed by atoms with van der Waals surface area (Å²) in [5, 5.41) is 8.71. The van der Waals surface area contributed by atoms with Gasteiger partial charge in [-0.15, -0.1) is 11.3 Å². The van der Waals surface area contributed by atoms with Crippen molar-refractivity contribution in [3.05, 3.63) is 63.9 Å². The molecule has 0 bridgehead atoms. The molecule has 1 fully saturated rings. The number of rotatable bonds is 7. The van der Waals surface area contributed by atoms with Gasteiger partial charge in [-0.1, -0.05) is 17.3 Å². The van der Waals surface area contributed by atoms with Gasteiger partial charge < -0.3 is 9.84 Å². The third-order valence-electron chi connectivity index (χ3n) is 5.32. The van der Waals surface area contributed by atoms with Crippen LogP contribution in [0, 0.1) is 12.8 Å². The van der Waals surface area contributed by atoms with Gasteiger partial charge >= 0.3 is 0 Å². The topological polar surface area (TPSA) is 105 Å². The third-order valence-corrected chi connectivity index (χ3v) is 8.18. The molecule has 32 heavy (non-hydrogen) atoms. The van der Waals surface area contributed by atoms with Crippen molar-refractivity contribution in [2.45, 2.75) is 31.2 Å². The van der Waals surface area contributed by atoms with Crippen molar-refractivity contribution in [2.75, 3.05) is 13.1 Å². The normalized spacial score (nSPS) is 17.6. The van der Waals surface area contributed by atoms with Crippen molar-refractivity contribution in [2.24, 2.45) is 5.92 Å². The van der Waals surface area contributed by atoms with Crippen molar-refractivity contribution in [1.82, 2.24) is 19.8 Å². The molecule has 1 aliphatic rings. The van der Waals surface area contributed by atoms with Crippen molar-refractivity contribution in [3.63, 3.8) is 0 Å². The summed E-state index contributed by atoms with van der Waals surface area (Å²) in [5.74, 6) is -0.381. The molecule has 8 nitrogen and oxygen atoms in total. The Bertz CT molecular complexity index is 1190. The zero-order valence-corrected chi connectivity index (χ0v) is 19.2. The summed E-state index contributed by atoms with van der Waals surface area (Å²) in [7, 11) is -3.87. The van der Waals surface area contributed by atoms with E-state index >= 15 is 0 Å². The Morgan fingerprint density at radius 2 is 2.22 bits per heavy atom. The van der Waals surface area contributed by atoms with Crippen LogP contribution in [0.15, 0.2) is 51.5 Å². The van der Waals surface area contributed by atoms with Crippen LogP contribution in [-0.4, -0.2) is 41.9 Å². The number of carbonyl (C=O) groups excluding carboxylic acids is 1. The fourth-order valence-electron chi connectivity index (χ4n) is 3.68. The molecule has 10 heteroatoms. The quantitative estimate of drug-likeness (QED) is 0.565. The number of aryl methyl sites for hydroxylation is 1. The molecule has 0 aromatic carbocycles. The number of piperidine rings is 1. The molecule has 1 saturated heterocycles. The molecule has 3 aromatic heterocycles. The number of nitrogens with one attached hydrogen (secondary N) is 1. The van der Waals surface area contributed by atoms with E-state index in [9.17, 15) is 13.2 Å². The van der Waals surface area contributed by atoms with E-state index in [0.717, 1.165) is 10.4 Å². The second-order valence-electron chi connectivity index (χ2n) is 7.59. The second kappa shape index (κ2) is 9.76. The van der Waals surface area contributed by atoms with Gasteiger partial charge in [0.15, 0.2) is 10.7 Å². The van der Waals surface area contributed by atoms with Crippen LogP contribution in [0.4, 0.5) is 0 Å². The highest BCUT2D eigenvalue weighted by Gasteiger charge is 2.36. The van der Waals surface area contributed by atoms with Crippen LogP contribution in [0.25, 0.3) is 12.2 Å². The highest BCUT2D eigenvalue weighted by Crippen LogP contribution is 2.29. The van der Waals surface area contributed by atoms with E-state index in [1.165, 1.54) is 15.6 Å². The maximum absolute atomic E-state index is 13.5. The summed E-state index contributed by atoms with van der Waals surface area (Å²) in [5.41, 5.74) is 1.20. The molecule has 0 aliphatic carbocycles. The lowest BCUT2D eigenvalue weighted by Crippen LogP contribution is -2.45. The summed E-state index contributed by atoms with van der Waals surface area (Å²) in [4.78, 5) is 17.8.